The van der Waals surface area contributed by atoms with Crippen molar-refractivity contribution in [2.24, 2.45) is 0 Å². The van der Waals surface area contributed by atoms with Gasteiger partial charge in [0.05, 0.1) is 10.9 Å². The number of benzene rings is 2. The van der Waals surface area contributed by atoms with Gasteiger partial charge in [-0.25, -0.2) is 0 Å². The highest BCUT2D eigenvalue weighted by atomic mass is 32.1. The van der Waals surface area contributed by atoms with Gasteiger partial charge in [-0.3, -0.25) is 9.78 Å². The van der Waals surface area contributed by atoms with Gasteiger partial charge in [-0.1, -0.05) is 24.3 Å². The molecule has 3 rings (SSSR count). The van der Waals surface area contributed by atoms with Gasteiger partial charge in [0.1, 0.15) is 0 Å². The fraction of sp³-hybridized carbons (Fsp3) is 0. The molecule has 0 bridgehead atoms. The van der Waals surface area contributed by atoms with Crippen LogP contribution in [0.1, 0.15) is 0 Å². The molecular weight excluding hydrogens is 220 g/mol. The van der Waals surface area contributed by atoms with Crippen LogP contribution in [0.5, 0.6) is 0 Å². The summed E-state index contributed by atoms with van der Waals surface area (Å²) in [5.74, 6) is 0. The SMILES string of the molecule is O=c1[nH]c(=S)[nH]c2cc3ccccc3cc12. The number of nitrogens with one attached hydrogen (secondary N) is 2. The van der Waals surface area contributed by atoms with Crippen LogP contribution >= 0.6 is 12.2 Å². The predicted octanol–water partition coefficient (Wildman–Crippen LogP) is 2.74. The van der Waals surface area contributed by atoms with Crippen LogP contribution in [0.15, 0.2) is 41.2 Å². The summed E-state index contributed by atoms with van der Waals surface area (Å²) in [6.07, 6.45) is 0. The van der Waals surface area contributed by atoms with Crippen molar-refractivity contribution in [2.45, 2.75) is 0 Å². The maximum atomic E-state index is 11.7. The Morgan fingerprint density at radius 3 is 2.44 bits per heavy atom. The van der Waals surface area contributed by atoms with Crippen molar-refractivity contribution in [2.75, 3.05) is 0 Å². The van der Waals surface area contributed by atoms with Gasteiger partial charge in [0, 0.05) is 0 Å². The first-order chi connectivity index (χ1) is 7.74. The molecule has 4 heteroatoms. The van der Waals surface area contributed by atoms with E-state index in [0.717, 1.165) is 16.3 Å². The normalized spacial score (nSPS) is 11.0. The smallest absolute Gasteiger partial charge is 0.259 e. The van der Waals surface area contributed by atoms with E-state index < -0.39 is 0 Å². The second-order valence-corrected chi connectivity index (χ2v) is 4.06. The monoisotopic (exact) mass is 228 g/mol. The Bertz CT molecular complexity index is 801. The van der Waals surface area contributed by atoms with E-state index >= 15 is 0 Å². The van der Waals surface area contributed by atoms with Gasteiger partial charge in [0.2, 0.25) is 0 Å². The van der Waals surface area contributed by atoms with E-state index in [1.54, 1.807) is 0 Å². The Hall–Kier alpha value is -1.94. The molecule has 1 aromatic heterocycles. The van der Waals surface area contributed by atoms with Crippen LogP contribution in [-0.2, 0) is 0 Å². The second kappa shape index (κ2) is 3.28. The zero-order valence-corrected chi connectivity index (χ0v) is 9.10. The van der Waals surface area contributed by atoms with E-state index in [1.807, 2.05) is 36.4 Å². The summed E-state index contributed by atoms with van der Waals surface area (Å²) in [7, 11) is 0. The number of rotatable bonds is 0. The lowest BCUT2D eigenvalue weighted by Gasteiger charge is -2.01. The molecular formula is C12H8N2OS. The Morgan fingerprint density at radius 1 is 1.00 bits per heavy atom. The zero-order valence-electron chi connectivity index (χ0n) is 8.28. The fourth-order valence-electron chi connectivity index (χ4n) is 1.86. The summed E-state index contributed by atoms with van der Waals surface area (Å²) >= 11 is 4.94. The first kappa shape index (κ1) is 9.30. The average molecular weight is 228 g/mol. The van der Waals surface area contributed by atoms with Crippen molar-refractivity contribution in [3.8, 4) is 0 Å². The zero-order chi connectivity index (χ0) is 11.1. The van der Waals surface area contributed by atoms with Crippen molar-refractivity contribution in [1.29, 1.82) is 0 Å². The van der Waals surface area contributed by atoms with Crippen LogP contribution in [0, 0.1) is 4.77 Å². The van der Waals surface area contributed by atoms with Gasteiger partial charge >= 0.3 is 0 Å². The van der Waals surface area contributed by atoms with Crippen molar-refractivity contribution >= 4 is 33.9 Å². The van der Waals surface area contributed by atoms with E-state index in [2.05, 4.69) is 9.97 Å². The number of H-pyrrole nitrogens is 2. The van der Waals surface area contributed by atoms with Gasteiger partial charge in [0.25, 0.3) is 5.56 Å². The highest BCUT2D eigenvalue weighted by Gasteiger charge is 2.01. The van der Waals surface area contributed by atoms with Gasteiger partial charge < -0.3 is 4.98 Å². The maximum Gasteiger partial charge on any atom is 0.259 e. The summed E-state index contributed by atoms with van der Waals surface area (Å²) in [4.78, 5) is 17.3. The maximum absolute atomic E-state index is 11.7. The van der Waals surface area contributed by atoms with Crippen molar-refractivity contribution in [3.05, 3.63) is 51.5 Å². The van der Waals surface area contributed by atoms with E-state index in [0.29, 0.717) is 10.2 Å². The number of aromatic amines is 2. The molecule has 2 N–H and O–H groups in total. The number of hydrogen-bond acceptors (Lipinski definition) is 2. The highest BCUT2D eigenvalue weighted by molar-refractivity contribution is 7.71. The van der Waals surface area contributed by atoms with Crippen molar-refractivity contribution in [1.82, 2.24) is 9.97 Å². The molecule has 78 valence electrons. The molecule has 0 atom stereocenters. The fourth-order valence-corrected chi connectivity index (χ4v) is 2.06. The van der Waals surface area contributed by atoms with E-state index in [9.17, 15) is 4.79 Å². The van der Waals surface area contributed by atoms with Gasteiger partial charge in [0.15, 0.2) is 4.77 Å². The molecule has 1 heterocycles. The Kier molecular flexibility index (Phi) is 1.91. The molecule has 0 spiro atoms. The van der Waals surface area contributed by atoms with Gasteiger partial charge in [-0.2, -0.15) is 0 Å². The third-order valence-electron chi connectivity index (χ3n) is 2.61. The summed E-state index contributed by atoms with van der Waals surface area (Å²) in [5.41, 5.74) is 0.622. The van der Waals surface area contributed by atoms with Crippen LogP contribution in [0.25, 0.3) is 21.7 Å². The van der Waals surface area contributed by atoms with E-state index in [-0.39, 0.29) is 5.56 Å². The molecule has 0 aliphatic carbocycles. The Balaban J connectivity index is 2.61. The van der Waals surface area contributed by atoms with Gasteiger partial charge in [-0.05, 0) is 35.1 Å². The topological polar surface area (TPSA) is 48.6 Å². The van der Waals surface area contributed by atoms with E-state index in [4.69, 9.17) is 12.2 Å². The van der Waals surface area contributed by atoms with Crippen LogP contribution < -0.4 is 5.56 Å². The molecule has 0 saturated carbocycles. The molecule has 0 radical (unpaired) electrons. The quantitative estimate of drug-likeness (QED) is 0.459. The lowest BCUT2D eigenvalue weighted by Crippen LogP contribution is -2.07. The summed E-state index contributed by atoms with van der Waals surface area (Å²) in [5, 5.41) is 2.77. The molecule has 0 aliphatic rings. The molecule has 16 heavy (non-hydrogen) atoms. The summed E-state index contributed by atoms with van der Waals surface area (Å²) in [6.45, 7) is 0. The third kappa shape index (κ3) is 1.35. The first-order valence-electron chi connectivity index (χ1n) is 4.89. The molecule has 0 fully saturated rings. The average Bonchev–Trinajstić information content (AvgIpc) is 2.27. The summed E-state index contributed by atoms with van der Waals surface area (Å²) < 4.78 is 0.354. The van der Waals surface area contributed by atoms with Crippen LogP contribution in [0.4, 0.5) is 0 Å². The molecule has 0 aliphatic heterocycles. The second-order valence-electron chi connectivity index (χ2n) is 3.65. The third-order valence-corrected chi connectivity index (χ3v) is 2.81. The minimum atomic E-state index is -0.149. The lowest BCUT2D eigenvalue weighted by molar-refractivity contribution is 1.14. The Labute approximate surface area is 95.8 Å². The van der Waals surface area contributed by atoms with Crippen LogP contribution in [0.3, 0.4) is 0 Å². The predicted molar refractivity (Wildman–Crippen MR) is 67.3 cm³/mol. The molecule has 2 aromatic carbocycles. The summed E-state index contributed by atoms with van der Waals surface area (Å²) in [6, 6.07) is 11.7. The molecule has 3 aromatic rings. The van der Waals surface area contributed by atoms with Crippen LogP contribution in [0.2, 0.25) is 0 Å². The first-order valence-corrected chi connectivity index (χ1v) is 5.30. The standard InChI is InChI=1S/C12H8N2OS/c15-11-9-5-7-3-1-2-4-8(7)6-10(9)13-12(16)14-11/h1-6H,(H2,13,14,15,16). The van der Waals surface area contributed by atoms with E-state index in [1.165, 1.54) is 0 Å². The molecule has 3 nitrogen and oxygen atoms in total. The Morgan fingerprint density at radius 2 is 1.69 bits per heavy atom. The number of hydrogen-bond donors (Lipinski definition) is 2. The van der Waals surface area contributed by atoms with Crippen LogP contribution in [-0.4, -0.2) is 9.97 Å². The highest BCUT2D eigenvalue weighted by Crippen LogP contribution is 2.18. The molecule has 0 unspecified atom stereocenters. The number of fused-ring (bicyclic) bond motifs is 2. The largest absolute Gasteiger partial charge is 0.332 e. The van der Waals surface area contributed by atoms with Crippen molar-refractivity contribution < 1.29 is 0 Å². The molecule has 0 amide bonds. The minimum absolute atomic E-state index is 0.149. The minimum Gasteiger partial charge on any atom is -0.332 e. The number of aromatic nitrogens is 2. The molecule has 0 saturated heterocycles. The lowest BCUT2D eigenvalue weighted by atomic mass is 10.1. The van der Waals surface area contributed by atoms with Crippen molar-refractivity contribution in [3.63, 3.8) is 0 Å². The van der Waals surface area contributed by atoms with Gasteiger partial charge in [-0.15, -0.1) is 0 Å².